The Kier molecular flexibility index (Phi) is 10.4. The summed E-state index contributed by atoms with van der Waals surface area (Å²) in [5.74, 6) is 3.53. The minimum Gasteiger partial charge on any atom is -0.484 e. The van der Waals surface area contributed by atoms with E-state index in [1.807, 2.05) is 62.4 Å². The Morgan fingerprint density at radius 1 is 0.523 bits per heavy atom. The molecule has 228 valence electrons. The van der Waals surface area contributed by atoms with Crippen molar-refractivity contribution >= 4 is 11.8 Å². The normalized spacial score (nSPS) is 16.0. The monoisotopic (exact) mass is 594 g/mol. The molecule has 1 saturated carbocycles. The molecule has 5 rings (SSSR count). The Morgan fingerprint density at radius 2 is 0.818 bits per heavy atom. The van der Waals surface area contributed by atoms with E-state index in [-0.39, 0.29) is 37.1 Å². The molecule has 44 heavy (non-hydrogen) atoms. The molecule has 8 heteroatoms. The molecule has 2 atom stereocenters. The van der Waals surface area contributed by atoms with Gasteiger partial charge >= 0.3 is 0 Å². The summed E-state index contributed by atoms with van der Waals surface area (Å²) in [4.78, 5) is 25.4. The Bertz CT molecular complexity index is 1390. The molecule has 2 amide bonds. The zero-order valence-electron chi connectivity index (χ0n) is 25.1. The molecule has 0 bridgehead atoms. The van der Waals surface area contributed by atoms with Crippen molar-refractivity contribution in [1.82, 2.24) is 10.6 Å². The Morgan fingerprint density at radius 3 is 1.16 bits per heavy atom. The predicted molar refractivity (Wildman–Crippen MR) is 169 cm³/mol. The van der Waals surface area contributed by atoms with Gasteiger partial charge in [-0.05, 0) is 99.5 Å². The average molecular weight is 595 g/mol. The maximum Gasteiger partial charge on any atom is 0.258 e. The summed E-state index contributed by atoms with van der Waals surface area (Å²) < 4.78 is 23.1. The van der Waals surface area contributed by atoms with Crippen LogP contribution in [0.4, 0.5) is 0 Å². The SMILES string of the molecule is Cc1ccc(Oc2ccc(OCC(=O)N[C@H]3CCCC[C@@H]3NC(=O)COc3ccc(Oc4ccc(C)cc4)cc3)cc2)cc1. The van der Waals surface area contributed by atoms with Crippen molar-refractivity contribution in [2.45, 2.75) is 51.6 Å². The van der Waals surface area contributed by atoms with Crippen LogP contribution < -0.4 is 29.6 Å². The van der Waals surface area contributed by atoms with Crippen LogP contribution in [0, 0.1) is 13.8 Å². The number of hydrogen-bond acceptors (Lipinski definition) is 6. The summed E-state index contributed by atoms with van der Waals surface area (Å²) in [7, 11) is 0. The number of aryl methyl sites for hydroxylation is 2. The fourth-order valence-electron chi connectivity index (χ4n) is 4.96. The molecule has 0 saturated heterocycles. The number of benzene rings is 4. The second-order valence-corrected chi connectivity index (χ2v) is 11.0. The van der Waals surface area contributed by atoms with Gasteiger partial charge in [-0.15, -0.1) is 0 Å². The molecule has 0 unspecified atom stereocenters. The third-order valence-corrected chi connectivity index (χ3v) is 7.36. The number of carbonyl (C=O) groups is 2. The summed E-state index contributed by atoms with van der Waals surface area (Å²) in [6, 6.07) is 29.6. The molecule has 1 aliphatic rings. The second-order valence-electron chi connectivity index (χ2n) is 11.0. The van der Waals surface area contributed by atoms with Gasteiger partial charge in [0.05, 0.1) is 0 Å². The molecule has 0 spiro atoms. The molecular formula is C36H38N2O6. The van der Waals surface area contributed by atoms with Gasteiger partial charge in [-0.2, -0.15) is 0 Å². The lowest BCUT2D eigenvalue weighted by Crippen LogP contribution is -2.54. The van der Waals surface area contributed by atoms with Crippen molar-refractivity contribution < 1.29 is 28.5 Å². The van der Waals surface area contributed by atoms with E-state index in [4.69, 9.17) is 18.9 Å². The lowest BCUT2D eigenvalue weighted by molar-refractivity contribution is -0.127. The van der Waals surface area contributed by atoms with Crippen molar-refractivity contribution in [3.05, 3.63) is 108 Å². The number of nitrogens with one attached hydrogen (secondary N) is 2. The van der Waals surface area contributed by atoms with Crippen molar-refractivity contribution in [1.29, 1.82) is 0 Å². The van der Waals surface area contributed by atoms with Crippen LogP contribution in [0.5, 0.6) is 34.5 Å². The van der Waals surface area contributed by atoms with Crippen LogP contribution in [-0.4, -0.2) is 37.1 Å². The molecule has 0 heterocycles. The first kappa shape index (κ1) is 30.5. The third kappa shape index (κ3) is 9.26. The fourth-order valence-corrected chi connectivity index (χ4v) is 4.96. The van der Waals surface area contributed by atoms with Crippen LogP contribution in [0.15, 0.2) is 97.1 Å². The molecule has 1 fully saturated rings. The number of carbonyl (C=O) groups excluding carboxylic acids is 2. The summed E-state index contributed by atoms with van der Waals surface area (Å²) >= 11 is 0. The van der Waals surface area contributed by atoms with Gasteiger partial charge < -0.3 is 29.6 Å². The maximum atomic E-state index is 12.7. The molecule has 1 aliphatic carbocycles. The van der Waals surface area contributed by atoms with E-state index in [0.717, 1.165) is 48.3 Å². The van der Waals surface area contributed by atoms with Crippen molar-refractivity contribution in [3.63, 3.8) is 0 Å². The highest BCUT2D eigenvalue weighted by atomic mass is 16.5. The minimum atomic E-state index is -0.236. The van der Waals surface area contributed by atoms with Crippen molar-refractivity contribution in [3.8, 4) is 34.5 Å². The number of hydrogen-bond donors (Lipinski definition) is 2. The third-order valence-electron chi connectivity index (χ3n) is 7.36. The average Bonchev–Trinajstić information content (AvgIpc) is 3.03. The van der Waals surface area contributed by atoms with Crippen LogP contribution in [0.1, 0.15) is 36.8 Å². The van der Waals surface area contributed by atoms with Crippen LogP contribution in [-0.2, 0) is 9.59 Å². The van der Waals surface area contributed by atoms with Gasteiger partial charge in [0, 0.05) is 12.1 Å². The quantitative estimate of drug-likeness (QED) is 0.186. The summed E-state index contributed by atoms with van der Waals surface area (Å²) in [5.41, 5.74) is 2.33. The van der Waals surface area contributed by atoms with Gasteiger partial charge in [-0.25, -0.2) is 0 Å². The molecule has 0 aromatic heterocycles. The van der Waals surface area contributed by atoms with Crippen LogP contribution in [0.2, 0.25) is 0 Å². The van der Waals surface area contributed by atoms with Crippen LogP contribution in [0.25, 0.3) is 0 Å². The Labute approximate surface area is 258 Å². The first-order valence-corrected chi connectivity index (χ1v) is 14.9. The van der Waals surface area contributed by atoms with Crippen molar-refractivity contribution in [2.75, 3.05) is 13.2 Å². The highest BCUT2D eigenvalue weighted by Gasteiger charge is 2.28. The number of ether oxygens (including phenoxy) is 4. The Balaban J connectivity index is 1.04. The van der Waals surface area contributed by atoms with Gasteiger partial charge in [0.1, 0.15) is 34.5 Å². The highest BCUT2D eigenvalue weighted by Crippen LogP contribution is 2.26. The molecule has 8 nitrogen and oxygen atoms in total. The zero-order chi connectivity index (χ0) is 30.7. The highest BCUT2D eigenvalue weighted by molar-refractivity contribution is 5.79. The van der Waals surface area contributed by atoms with Crippen molar-refractivity contribution in [2.24, 2.45) is 0 Å². The largest absolute Gasteiger partial charge is 0.484 e. The second kappa shape index (κ2) is 15.0. The topological polar surface area (TPSA) is 95.1 Å². The van der Waals surface area contributed by atoms with Crippen LogP contribution in [0.3, 0.4) is 0 Å². The first-order chi connectivity index (χ1) is 21.4. The lowest BCUT2D eigenvalue weighted by Gasteiger charge is -2.32. The van der Waals surface area contributed by atoms with Gasteiger partial charge in [-0.3, -0.25) is 9.59 Å². The summed E-state index contributed by atoms with van der Waals surface area (Å²) in [5, 5.41) is 6.08. The molecule has 0 aliphatic heterocycles. The lowest BCUT2D eigenvalue weighted by atomic mass is 9.90. The standard InChI is InChI=1S/C36H38N2O6/c1-25-7-11-29(12-8-25)43-31-19-15-27(16-20-31)41-23-35(39)37-33-5-3-4-6-34(33)38-36(40)24-42-28-17-21-32(22-18-28)44-30-13-9-26(2)10-14-30/h7-22,33-34H,3-6,23-24H2,1-2H3,(H,37,39)(H,38,40)/t33-,34-/m0/s1. The molecule has 2 N–H and O–H groups in total. The van der Waals surface area contributed by atoms with E-state index in [2.05, 4.69) is 10.6 Å². The van der Waals surface area contributed by atoms with E-state index in [0.29, 0.717) is 23.0 Å². The van der Waals surface area contributed by atoms with E-state index in [1.165, 1.54) is 0 Å². The van der Waals surface area contributed by atoms with Gasteiger partial charge in [-0.1, -0.05) is 48.2 Å². The Hall–Kier alpha value is -4.98. The van der Waals surface area contributed by atoms with Gasteiger partial charge in [0.15, 0.2) is 13.2 Å². The van der Waals surface area contributed by atoms with Gasteiger partial charge in [0.2, 0.25) is 0 Å². The molecule has 4 aromatic carbocycles. The smallest absolute Gasteiger partial charge is 0.258 e. The number of amides is 2. The van der Waals surface area contributed by atoms with Gasteiger partial charge in [0.25, 0.3) is 11.8 Å². The minimum absolute atomic E-state index is 0.123. The maximum absolute atomic E-state index is 12.7. The molecule has 0 radical (unpaired) electrons. The summed E-state index contributed by atoms with van der Waals surface area (Å²) in [6.07, 6.45) is 3.53. The fraction of sp³-hybridized carbons (Fsp3) is 0.278. The van der Waals surface area contributed by atoms with E-state index in [1.54, 1.807) is 48.5 Å². The number of rotatable bonds is 12. The summed E-state index contributed by atoms with van der Waals surface area (Å²) in [6.45, 7) is 3.81. The first-order valence-electron chi connectivity index (χ1n) is 14.9. The van der Waals surface area contributed by atoms with E-state index >= 15 is 0 Å². The van der Waals surface area contributed by atoms with E-state index in [9.17, 15) is 9.59 Å². The van der Waals surface area contributed by atoms with E-state index < -0.39 is 0 Å². The predicted octanol–water partition coefficient (Wildman–Crippen LogP) is 6.89. The molecular weight excluding hydrogens is 556 g/mol. The van der Waals surface area contributed by atoms with Crippen LogP contribution >= 0.6 is 0 Å². The zero-order valence-corrected chi connectivity index (χ0v) is 25.1. The molecule has 4 aromatic rings.